The molecule has 100 valence electrons. The van der Waals surface area contributed by atoms with Crippen molar-refractivity contribution < 1.29 is 9.34 Å². The molecule has 8 heteroatoms. The normalized spacial score (nSPS) is 10.4. The molecule has 0 spiro atoms. The lowest BCUT2D eigenvalue weighted by molar-refractivity contribution is -0.384. The molecule has 2 rings (SSSR count). The molecule has 0 aliphatic rings. The van der Waals surface area contributed by atoms with Crippen LogP contribution in [0.3, 0.4) is 0 Å². The number of rotatable bonds is 4. The number of nitrogens with two attached hydrogens (primary N) is 1. The maximum absolute atomic E-state index is 10.9. The lowest BCUT2D eigenvalue weighted by atomic mass is 10.2. The zero-order valence-corrected chi connectivity index (χ0v) is 10.5. The molecule has 19 heavy (non-hydrogen) atoms. The van der Waals surface area contributed by atoms with Crippen molar-refractivity contribution in [3.8, 4) is 0 Å². The van der Waals surface area contributed by atoms with Gasteiger partial charge in [-0.2, -0.15) is 4.98 Å². The van der Waals surface area contributed by atoms with E-state index in [1.165, 1.54) is 0 Å². The van der Waals surface area contributed by atoms with Crippen LogP contribution >= 0.6 is 0 Å². The van der Waals surface area contributed by atoms with Gasteiger partial charge < -0.3 is 15.1 Å². The highest BCUT2D eigenvalue weighted by Gasteiger charge is 2.21. The molecule has 0 aromatic carbocycles. The first-order valence-corrected chi connectivity index (χ1v) is 5.50. The van der Waals surface area contributed by atoms with Crippen molar-refractivity contribution in [1.29, 1.82) is 0 Å². The summed E-state index contributed by atoms with van der Waals surface area (Å²) in [5.74, 6) is 0.936. The Balaban J connectivity index is 2.32. The van der Waals surface area contributed by atoms with Crippen LogP contribution in [-0.4, -0.2) is 21.9 Å². The molecule has 2 N–H and O–H groups in total. The Morgan fingerprint density at radius 1 is 1.58 bits per heavy atom. The molecule has 8 nitrogen and oxygen atoms in total. The zero-order chi connectivity index (χ0) is 14.0. The van der Waals surface area contributed by atoms with Crippen molar-refractivity contribution in [1.82, 2.24) is 9.97 Å². The number of anilines is 2. The summed E-state index contributed by atoms with van der Waals surface area (Å²) in [4.78, 5) is 19.6. The van der Waals surface area contributed by atoms with Gasteiger partial charge in [-0.3, -0.25) is 10.1 Å². The second kappa shape index (κ2) is 4.92. The first kappa shape index (κ1) is 12.8. The Hall–Kier alpha value is -2.64. The van der Waals surface area contributed by atoms with Crippen LogP contribution < -0.4 is 10.6 Å². The van der Waals surface area contributed by atoms with Crippen LogP contribution in [0.5, 0.6) is 0 Å². The Morgan fingerprint density at radius 3 is 2.89 bits per heavy atom. The third kappa shape index (κ3) is 2.62. The minimum Gasteiger partial charge on any atom is -0.469 e. The smallest absolute Gasteiger partial charge is 0.329 e. The van der Waals surface area contributed by atoms with E-state index in [-0.39, 0.29) is 17.5 Å². The van der Waals surface area contributed by atoms with E-state index in [0.717, 1.165) is 17.5 Å². The van der Waals surface area contributed by atoms with Crippen LogP contribution in [0, 0.1) is 17.0 Å². The molecule has 0 fully saturated rings. The molecular weight excluding hydrogens is 250 g/mol. The fourth-order valence-corrected chi connectivity index (χ4v) is 1.70. The Kier molecular flexibility index (Phi) is 3.32. The molecule has 0 bridgehead atoms. The topological polar surface area (TPSA) is 111 Å². The van der Waals surface area contributed by atoms with Gasteiger partial charge in [0.1, 0.15) is 12.0 Å². The quantitative estimate of drug-likeness (QED) is 0.657. The summed E-state index contributed by atoms with van der Waals surface area (Å²) in [5.41, 5.74) is 6.22. The second-order valence-corrected chi connectivity index (χ2v) is 4.05. The summed E-state index contributed by atoms with van der Waals surface area (Å²) < 4.78 is 5.18. The maximum atomic E-state index is 10.9. The summed E-state index contributed by atoms with van der Waals surface area (Å²) in [5, 5.41) is 10.9. The standard InChI is InChI=1S/C11H13N5O3/c1-7-8(3-4-19-7)6-15(2)10-9(16(17)18)5-13-11(12)14-10/h3-5H,6H2,1-2H3,(H2,12,13,14). The molecule has 0 saturated carbocycles. The van der Waals surface area contributed by atoms with Gasteiger partial charge in [0.15, 0.2) is 0 Å². The predicted molar refractivity (Wildman–Crippen MR) is 68.7 cm³/mol. The van der Waals surface area contributed by atoms with Crippen molar-refractivity contribution in [3.63, 3.8) is 0 Å². The molecule has 0 amide bonds. The van der Waals surface area contributed by atoms with E-state index in [4.69, 9.17) is 10.2 Å². The van der Waals surface area contributed by atoms with Gasteiger partial charge in [0.25, 0.3) is 0 Å². The van der Waals surface area contributed by atoms with Crippen LogP contribution in [-0.2, 0) is 6.54 Å². The number of hydrogen-bond acceptors (Lipinski definition) is 7. The van der Waals surface area contributed by atoms with E-state index in [9.17, 15) is 10.1 Å². The first-order valence-electron chi connectivity index (χ1n) is 5.50. The summed E-state index contributed by atoms with van der Waals surface area (Å²) in [6.45, 7) is 2.26. The van der Waals surface area contributed by atoms with Gasteiger partial charge in [-0.05, 0) is 13.0 Å². The molecule has 2 heterocycles. The highest BCUT2D eigenvalue weighted by Crippen LogP contribution is 2.26. The van der Waals surface area contributed by atoms with E-state index in [1.54, 1.807) is 18.2 Å². The molecule has 0 radical (unpaired) electrons. The Labute approximate surface area is 109 Å². The average molecular weight is 263 g/mol. The van der Waals surface area contributed by atoms with Gasteiger partial charge in [0.05, 0.1) is 11.2 Å². The minimum absolute atomic E-state index is 0.00337. The molecule has 0 saturated heterocycles. The fourth-order valence-electron chi connectivity index (χ4n) is 1.70. The summed E-state index contributed by atoms with van der Waals surface area (Å²) in [7, 11) is 1.70. The third-order valence-corrected chi connectivity index (χ3v) is 2.70. The maximum Gasteiger partial charge on any atom is 0.329 e. The number of furan rings is 1. The lowest BCUT2D eigenvalue weighted by Crippen LogP contribution is -2.20. The highest BCUT2D eigenvalue weighted by atomic mass is 16.6. The van der Waals surface area contributed by atoms with Crippen LogP contribution in [0.25, 0.3) is 0 Å². The van der Waals surface area contributed by atoms with Crippen molar-refractivity contribution in [2.24, 2.45) is 0 Å². The van der Waals surface area contributed by atoms with E-state index in [0.29, 0.717) is 6.54 Å². The number of aromatic nitrogens is 2. The van der Waals surface area contributed by atoms with Gasteiger partial charge in [0, 0.05) is 19.2 Å². The SMILES string of the molecule is Cc1occc1CN(C)c1nc(N)ncc1[N+](=O)[O-]. The van der Waals surface area contributed by atoms with Crippen LogP contribution in [0.15, 0.2) is 22.9 Å². The number of nitro groups is 1. The summed E-state index contributed by atoms with van der Waals surface area (Å²) in [6.07, 6.45) is 2.68. The average Bonchev–Trinajstić information content (AvgIpc) is 2.74. The van der Waals surface area contributed by atoms with Crippen molar-refractivity contribution in [3.05, 3.63) is 40.0 Å². The predicted octanol–water partition coefficient (Wildman–Crippen LogP) is 1.50. The Bertz CT molecular complexity index is 610. The molecule has 2 aromatic rings. The number of aryl methyl sites for hydroxylation is 1. The van der Waals surface area contributed by atoms with Gasteiger partial charge >= 0.3 is 5.69 Å². The monoisotopic (exact) mass is 263 g/mol. The number of nitrogens with zero attached hydrogens (tertiary/aromatic N) is 4. The molecule has 2 aromatic heterocycles. The summed E-state index contributed by atoms with van der Waals surface area (Å²) in [6, 6.07) is 1.81. The largest absolute Gasteiger partial charge is 0.469 e. The van der Waals surface area contributed by atoms with E-state index in [2.05, 4.69) is 9.97 Å². The molecule has 0 unspecified atom stereocenters. The number of hydrogen-bond donors (Lipinski definition) is 1. The van der Waals surface area contributed by atoms with E-state index in [1.807, 2.05) is 13.0 Å². The van der Waals surface area contributed by atoms with Gasteiger partial charge in [-0.25, -0.2) is 4.98 Å². The van der Waals surface area contributed by atoms with E-state index >= 15 is 0 Å². The van der Waals surface area contributed by atoms with Crippen molar-refractivity contribution >= 4 is 17.5 Å². The highest BCUT2D eigenvalue weighted by molar-refractivity contribution is 5.58. The second-order valence-electron chi connectivity index (χ2n) is 4.05. The summed E-state index contributed by atoms with van der Waals surface area (Å²) >= 11 is 0. The number of nitrogen functional groups attached to an aromatic ring is 1. The van der Waals surface area contributed by atoms with Crippen molar-refractivity contribution in [2.45, 2.75) is 13.5 Å². The molecular formula is C11H13N5O3. The van der Waals surface area contributed by atoms with Gasteiger partial charge in [-0.1, -0.05) is 0 Å². The lowest BCUT2D eigenvalue weighted by Gasteiger charge is -2.17. The third-order valence-electron chi connectivity index (χ3n) is 2.70. The zero-order valence-electron chi connectivity index (χ0n) is 10.5. The van der Waals surface area contributed by atoms with Gasteiger partial charge in [0.2, 0.25) is 11.8 Å². The van der Waals surface area contributed by atoms with Gasteiger partial charge in [-0.15, -0.1) is 0 Å². The first-order chi connectivity index (χ1) is 8.99. The molecule has 0 atom stereocenters. The fraction of sp³-hybridized carbons (Fsp3) is 0.273. The van der Waals surface area contributed by atoms with E-state index < -0.39 is 4.92 Å². The Morgan fingerprint density at radius 2 is 2.32 bits per heavy atom. The van der Waals surface area contributed by atoms with Crippen LogP contribution in [0.4, 0.5) is 17.5 Å². The molecule has 0 aliphatic heterocycles. The molecule has 0 aliphatic carbocycles. The minimum atomic E-state index is -0.534. The van der Waals surface area contributed by atoms with Crippen LogP contribution in [0.1, 0.15) is 11.3 Å². The van der Waals surface area contributed by atoms with Crippen molar-refractivity contribution in [2.75, 3.05) is 17.7 Å². The van der Waals surface area contributed by atoms with Crippen LogP contribution in [0.2, 0.25) is 0 Å².